The maximum Gasteiger partial charge on any atom is 0.362 e. The van der Waals surface area contributed by atoms with E-state index in [1.54, 1.807) is 4.72 Å². The van der Waals surface area contributed by atoms with Crippen LogP contribution >= 0.6 is 11.3 Å². The van der Waals surface area contributed by atoms with Crippen LogP contribution in [0.2, 0.25) is 0 Å². The minimum atomic E-state index is -5.11. The van der Waals surface area contributed by atoms with Gasteiger partial charge in [-0.1, -0.05) is 9.24 Å². The van der Waals surface area contributed by atoms with E-state index in [4.69, 9.17) is 15.3 Å². The van der Waals surface area contributed by atoms with Crippen LogP contribution in [0.4, 0.5) is 9.93 Å². The van der Waals surface area contributed by atoms with Gasteiger partial charge < -0.3 is 35.8 Å². The fourth-order valence-corrected chi connectivity index (χ4v) is 5.89. The van der Waals surface area contributed by atoms with Crippen molar-refractivity contribution in [3.63, 3.8) is 0 Å². The Morgan fingerprint density at radius 1 is 1.29 bits per heavy atom. The summed E-state index contributed by atoms with van der Waals surface area (Å²) in [5.74, 6) is -4.47. The van der Waals surface area contributed by atoms with E-state index in [0.717, 1.165) is 28.2 Å². The van der Waals surface area contributed by atoms with Crippen LogP contribution in [0, 0.1) is 0 Å². The number of carboxylic acid groups (broad SMARTS) is 1. The second-order valence-electron chi connectivity index (χ2n) is 11.1. The number of anilines is 1. The van der Waals surface area contributed by atoms with Gasteiger partial charge in [0.1, 0.15) is 11.7 Å². The molecule has 2 saturated heterocycles. The van der Waals surface area contributed by atoms with Crippen molar-refractivity contribution in [1.82, 2.24) is 38.7 Å². The quantitative estimate of drug-likeness (QED) is 0.0690. The first-order valence-corrected chi connectivity index (χ1v) is 16.4. The first-order valence-electron chi connectivity index (χ1n) is 14.1. The van der Waals surface area contributed by atoms with Crippen LogP contribution < -0.4 is 26.9 Å². The molecule has 7 N–H and O–H groups in total. The van der Waals surface area contributed by atoms with E-state index in [2.05, 4.69) is 25.5 Å². The monoisotopic (exact) mass is 724 g/mol. The number of pyridine rings is 1. The van der Waals surface area contributed by atoms with Crippen LogP contribution in [0.25, 0.3) is 11.5 Å². The normalized spacial score (nSPS) is 18.2. The molecule has 22 nitrogen and oxygen atoms in total. The van der Waals surface area contributed by atoms with E-state index in [0.29, 0.717) is 24.3 Å². The fourth-order valence-electron chi connectivity index (χ4n) is 4.43. The molecule has 0 aromatic carbocycles. The van der Waals surface area contributed by atoms with Crippen LogP contribution in [-0.2, 0) is 40.7 Å². The molecule has 49 heavy (non-hydrogen) atoms. The van der Waals surface area contributed by atoms with Crippen LogP contribution in [0.1, 0.15) is 32.4 Å². The van der Waals surface area contributed by atoms with Crippen LogP contribution in [0.15, 0.2) is 32.4 Å². The Hall–Kier alpha value is -5.62. The molecule has 262 valence electrons. The number of carbonyl (C=O) groups is 4. The zero-order chi connectivity index (χ0) is 35.8. The molecule has 2 atom stereocenters. The minimum Gasteiger partial charge on any atom is -0.503 e. The first-order chi connectivity index (χ1) is 23.0. The van der Waals surface area contributed by atoms with Gasteiger partial charge in [0.2, 0.25) is 11.0 Å². The zero-order valence-electron chi connectivity index (χ0n) is 25.5. The Kier molecular flexibility index (Phi) is 9.29. The zero-order valence-corrected chi connectivity index (χ0v) is 27.1. The number of aromatic nitrogens is 5. The van der Waals surface area contributed by atoms with Crippen LogP contribution in [0.3, 0.4) is 0 Å². The lowest BCUT2D eigenvalue weighted by Crippen LogP contribution is -2.68. The number of hydrogen-bond donors (Lipinski definition) is 6. The van der Waals surface area contributed by atoms with Gasteiger partial charge in [-0.25, -0.2) is 24.1 Å². The highest BCUT2D eigenvalue weighted by atomic mass is 32.2. The third kappa shape index (κ3) is 7.14. The Morgan fingerprint density at radius 2 is 2.02 bits per heavy atom. The highest BCUT2D eigenvalue weighted by Gasteiger charge is 2.44. The average molecular weight is 725 g/mol. The number of ether oxygens (including phenoxy) is 1. The maximum atomic E-state index is 13.3. The van der Waals surface area contributed by atoms with Gasteiger partial charge in [-0.05, 0) is 26.7 Å². The molecule has 0 saturated carbocycles. The second kappa shape index (κ2) is 13.1. The van der Waals surface area contributed by atoms with Crippen molar-refractivity contribution in [2.75, 3.05) is 18.9 Å². The number of urea groups is 1. The minimum absolute atomic E-state index is 0.0369. The van der Waals surface area contributed by atoms with Gasteiger partial charge in [0.05, 0.1) is 24.9 Å². The third-order valence-electron chi connectivity index (χ3n) is 7.16. The van der Waals surface area contributed by atoms with Gasteiger partial charge in [-0.2, -0.15) is 8.42 Å². The van der Waals surface area contributed by atoms with E-state index >= 15 is 0 Å². The molecule has 2 fully saturated rings. The number of nitrogens with two attached hydrogens (primary N) is 1. The molecule has 0 aliphatic carbocycles. The van der Waals surface area contributed by atoms with E-state index in [9.17, 15) is 47.4 Å². The molecule has 3 aromatic heterocycles. The molecule has 0 radical (unpaired) electrons. The molecule has 0 unspecified atom stereocenters. The Labute approximate surface area is 278 Å². The molecule has 24 heteroatoms. The highest BCUT2D eigenvalue weighted by molar-refractivity contribution is 7.88. The number of rotatable bonds is 11. The van der Waals surface area contributed by atoms with Gasteiger partial charge in [0, 0.05) is 24.3 Å². The lowest BCUT2D eigenvalue weighted by Gasteiger charge is -2.36. The van der Waals surface area contributed by atoms with Crippen molar-refractivity contribution < 1.29 is 47.4 Å². The van der Waals surface area contributed by atoms with E-state index < -0.39 is 80.9 Å². The number of carbonyl (C=O) groups excluding carboxylic acids is 3. The lowest BCUT2D eigenvalue weighted by molar-refractivity contribution is -0.161. The van der Waals surface area contributed by atoms with Crippen LogP contribution in [0.5, 0.6) is 5.75 Å². The van der Waals surface area contributed by atoms with Crippen molar-refractivity contribution in [2.24, 2.45) is 5.16 Å². The predicted molar refractivity (Wildman–Crippen MR) is 166 cm³/mol. The number of carboxylic acids is 1. The number of nitrogens with one attached hydrogen (secondary N) is 3. The standard InChI is InChI=1S/C25H28N10O12S2/c1-25(2,21(40)41)47-31-17(14-10-48-22(26)29-14)19(38)28-13-9-34(20(13)39)23(42)32-49(44,45)35-24(43)33(8-11-4-3-5-46-11)18(30-35)12-6-15(36)16(37)7-27-12/h6-7,10-11,13,37H,3-5,8-9H2,1-2H3,(H2,26,29)(H,27,36)(H,28,38)(H,32,42)(H,40,41)/t11-,13+/m1/s1. The number of thiazole rings is 1. The molecule has 3 aromatic rings. The predicted octanol–water partition coefficient (Wildman–Crippen LogP) is -2.26. The number of H-pyrrole nitrogens is 1. The van der Waals surface area contributed by atoms with Gasteiger partial charge >= 0.3 is 27.9 Å². The summed E-state index contributed by atoms with van der Waals surface area (Å²) in [5.41, 5.74) is 0.914. The summed E-state index contributed by atoms with van der Waals surface area (Å²) in [6, 6.07) is -1.95. The Morgan fingerprint density at radius 3 is 2.61 bits per heavy atom. The Balaban J connectivity index is 1.31. The van der Waals surface area contributed by atoms with Crippen molar-refractivity contribution >= 4 is 56.2 Å². The summed E-state index contributed by atoms with van der Waals surface area (Å²) < 4.78 is 34.4. The SMILES string of the molecule is CC(C)(ON=C(C(=O)N[C@H]1CN(C(=O)NS(=O)(=O)n2nc(-c3cc(=O)c(O)c[nH]3)n(C[C@H]3CCCO3)c2=O)C1=O)c1csc(N)n1)C(=O)O. The van der Waals surface area contributed by atoms with Crippen molar-refractivity contribution in [3.8, 4) is 17.3 Å². The summed E-state index contributed by atoms with van der Waals surface area (Å²) in [6.07, 6.45) is 1.65. The van der Waals surface area contributed by atoms with E-state index in [-0.39, 0.29) is 33.0 Å². The molecular weight excluding hydrogens is 696 g/mol. The largest absolute Gasteiger partial charge is 0.503 e. The number of oxime groups is 1. The number of nitrogen functional groups attached to an aromatic ring is 1. The molecule has 0 bridgehead atoms. The number of aliphatic carboxylic acids is 1. The van der Waals surface area contributed by atoms with Gasteiger partial charge in [-0.3, -0.25) is 23.9 Å². The molecule has 2 aliphatic rings. The number of aromatic hydroxyl groups is 1. The summed E-state index contributed by atoms with van der Waals surface area (Å²) in [6.45, 7) is 2.05. The number of nitrogens with zero attached hydrogens (tertiary/aromatic N) is 6. The first kappa shape index (κ1) is 34.7. The second-order valence-corrected chi connectivity index (χ2v) is 13.5. The fraction of sp³-hybridized carbons (Fsp3) is 0.400. The molecular formula is C25H28N10O12S2. The molecule has 0 spiro atoms. The van der Waals surface area contributed by atoms with E-state index in [1.807, 2.05) is 0 Å². The number of aromatic amines is 1. The molecule has 5 rings (SSSR count). The summed E-state index contributed by atoms with van der Waals surface area (Å²) in [7, 11) is -5.11. The molecule has 5 heterocycles. The molecule has 2 aliphatic heterocycles. The average Bonchev–Trinajstić information content (AvgIpc) is 3.78. The van der Waals surface area contributed by atoms with Gasteiger partial charge in [-0.15, -0.1) is 16.4 Å². The topological polar surface area (TPSA) is 313 Å². The lowest BCUT2D eigenvalue weighted by atomic mass is 10.1. The Bertz CT molecular complexity index is 2090. The summed E-state index contributed by atoms with van der Waals surface area (Å²) in [4.78, 5) is 87.3. The van der Waals surface area contributed by atoms with Crippen LogP contribution in [-0.4, -0.2) is 108 Å². The van der Waals surface area contributed by atoms with Crippen molar-refractivity contribution in [2.45, 2.75) is 51.0 Å². The van der Waals surface area contributed by atoms with Gasteiger partial charge in [0.15, 0.2) is 22.4 Å². The number of hydrogen-bond acceptors (Lipinski definition) is 16. The van der Waals surface area contributed by atoms with Gasteiger partial charge in [0.25, 0.3) is 11.8 Å². The van der Waals surface area contributed by atoms with Crippen molar-refractivity contribution in [3.05, 3.63) is 44.0 Å². The van der Waals surface area contributed by atoms with Crippen molar-refractivity contribution in [1.29, 1.82) is 0 Å². The number of likely N-dealkylation sites (tertiary alicyclic amines) is 1. The highest BCUT2D eigenvalue weighted by Crippen LogP contribution is 2.20. The number of amides is 4. The maximum absolute atomic E-state index is 13.3. The summed E-state index contributed by atoms with van der Waals surface area (Å²) >= 11 is 0.934. The number of imide groups is 1. The van der Waals surface area contributed by atoms with E-state index in [1.165, 1.54) is 19.2 Å². The molecule has 4 amide bonds. The third-order valence-corrected chi connectivity index (χ3v) is 8.96. The summed E-state index contributed by atoms with van der Waals surface area (Å²) in [5, 5.41) is 29.9. The smallest absolute Gasteiger partial charge is 0.362 e. The number of β-lactam (4-membered cyclic amide) rings is 1.